The average Bonchev–Trinajstić information content (AvgIpc) is 3.04. The van der Waals surface area contributed by atoms with E-state index in [0.717, 1.165) is 12.8 Å². The van der Waals surface area contributed by atoms with E-state index in [4.69, 9.17) is 4.52 Å². The maximum absolute atomic E-state index is 13.0. The van der Waals surface area contributed by atoms with E-state index in [-0.39, 0.29) is 17.6 Å². The average molecular weight is 303 g/mol. The van der Waals surface area contributed by atoms with E-state index in [1.807, 2.05) is 6.92 Å². The molecule has 116 valence electrons. The van der Waals surface area contributed by atoms with E-state index in [1.54, 1.807) is 4.90 Å². The molecule has 1 aliphatic heterocycles. The molecule has 3 rings (SSSR count). The maximum atomic E-state index is 13.0. The van der Waals surface area contributed by atoms with E-state index < -0.39 is 0 Å². The minimum absolute atomic E-state index is 0.0797. The van der Waals surface area contributed by atoms with E-state index >= 15 is 0 Å². The Labute approximate surface area is 128 Å². The van der Waals surface area contributed by atoms with Gasteiger partial charge in [0.15, 0.2) is 5.82 Å². The number of likely N-dealkylation sites (tertiary alicyclic amines) is 1. The number of nitrogens with zero attached hydrogens (tertiary/aromatic N) is 3. The molecule has 0 radical (unpaired) electrons. The van der Waals surface area contributed by atoms with Crippen LogP contribution in [0.15, 0.2) is 28.8 Å². The van der Waals surface area contributed by atoms with Gasteiger partial charge in [0.05, 0.1) is 0 Å². The Kier molecular flexibility index (Phi) is 4.18. The molecule has 0 saturated carbocycles. The summed E-state index contributed by atoms with van der Waals surface area (Å²) in [5.41, 5.74) is 0.504. The molecule has 2 heterocycles. The second-order valence-corrected chi connectivity index (χ2v) is 5.50. The number of hydrogen-bond acceptors (Lipinski definition) is 4. The summed E-state index contributed by atoms with van der Waals surface area (Å²) >= 11 is 0. The second kappa shape index (κ2) is 6.25. The highest BCUT2D eigenvalue weighted by Crippen LogP contribution is 2.26. The lowest BCUT2D eigenvalue weighted by atomic mass is 9.96. The van der Waals surface area contributed by atoms with Gasteiger partial charge in [0.2, 0.25) is 5.89 Å². The standard InChI is InChI=1S/C16H18FN3O2/c1-2-14-18-15(19-22-14)12-4-3-9-20(10-12)16(21)11-5-7-13(17)8-6-11/h5-8,12H,2-4,9-10H2,1H3. The first-order valence-electron chi connectivity index (χ1n) is 7.54. The third-order valence-corrected chi connectivity index (χ3v) is 3.95. The number of halogens is 1. The summed E-state index contributed by atoms with van der Waals surface area (Å²) in [6.07, 6.45) is 2.54. The molecule has 1 unspecified atom stereocenters. The molecule has 1 fully saturated rings. The fraction of sp³-hybridized carbons (Fsp3) is 0.438. The predicted octanol–water partition coefficient (Wildman–Crippen LogP) is 2.79. The van der Waals surface area contributed by atoms with Crippen LogP contribution in [0.1, 0.15) is 47.8 Å². The quantitative estimate of drug-likeness (QED) is 0.875. The van der Waals surface area contributed by atoms with Gasteiger partial charge in [-0.1, -0.05) is 12.1 Å². The SMILES string of the molecule is CCc1nc(C2CCCN(C(=O)c3ccc(F)cc3)C2)no1. The molecule has 1 aromatic carbocycles. The van der Waals surface area contributed by atoms with E-state index in [1.165, 1.54) is 24.3 Å². The van der Waals surface area contributed by atoms with E-state index in [9.17, 15) is 9.18 Å². The van der Waals surface area contributed by atoms with Crippen molar-refractivity contribution in [1.82, 2.24) is 15.0 Å². The van der Waals surface area contributed by atoms with Gasteiger partial charge < -0.3 is 9.42 Å². The first-order chi connectivity index (χ1) is 10.7. The summed E-state index contributed by atoms with van der Waals surface area (Å²) in [5.74, 6) is 0.975. The first-order valence-corrected chi connectivity index (χ1v) is 7.54. The van der Waals surface area contributed by atoms with Gasteiger partial charge >= 0.3 is 0 Å². The van der Waals surface area contributed by atoms with E-state index in [0.29, 0.717) is 36.8 Å². The molecule has 0 bridgehead atoms. The maximum Gasteiger partial charge on any atom is 0.253 e. The Morgan fingerprint density at radius 1 is 1.41 bits per heavy atom. The van der Waals surface area contributed by atoms with Gasteiger partial charge in [-0.15, -0.1) is 0 Å². The van der Waals surface area contributed by atoms with Crippen molar-refractivity contribution in [3.05, 3.63) is 47.4 Å². The van der Waals surface area contributed by atoms with E-state index in [2.05, 4.69) is 10.1 Å². The summed E-state index contributed by atoms with van der Waals surface area (Å²) in [5, 5.41) is 4.02. The number of carbonyl (C=O) groups excluding carboxylic acids is 1. The number of amides is 1. The molecule has 1 atom stereocenters. The number of aromatic nitrogens is 2. The smallest absolute Gasteiger partial charge is 0.253 e. The van der Waals surface area contributed by atoms with Gasteiger partial charge in [0, 0.05) is 31.0 Å². The molecule has 0 N–H and O–H groups in total. The van der Waals surface area contributed by atoms with Crippen molar-refractivity contribution in [3.63, 3.8) is 0 Å². The van der Waals surface area contributed by atoms with Gasteiger partial charge in [-0.05, 0) is 37.1 Å². The molecule has 0 spiro atoms. The Hall–Kier alpha value is -2.24. The van der Waals surface area contributed by atoms with Crippen molar-refractivity contribution in [2.45, 2.75) is 32.1 Å². The molecule has 5 nitrogen and oxygen atoms in total. The van der Waals surface area contributed by atoms with Crippen molar-refractivity contribution < 1.29 is 13.7 Å². The van der Waals surface area contributed by atoms with Gasteiger partial charge in [-0.3, -0.25) is 4.79 Å². The van der Waals surface area contributed by atoms with Crippen molar-refractivity contribution in [1.29, 1.82) is 0 Å². The van der Waals surface area contributed by atoms with Crippen LogP contribution >= 0.6 is 0 Å². The third-order valence-electron chi connectivity index (χ3n) is 3.95. The molecular weight excluding hydrogens is 285 g/mol. The lowest BCUT2D eigenvalue weighted by molar-refractivity contribution is 0.0703. The van der Waals surface area contributed by atoms with Crippen LogP contribution in [-0.2, 0) is 6.42 Å². The van der Waals surface area contributed by atoms with Crippen LogP contribution in [-0.4, -0.2) is 34.0 Å². The number of aryl methyl sites for hydroxylation is 1. The van der Waals surface area contributed by atoms with Gasteiger partial charge in [0.25, 0.3) is 5.91 Å². The Morgan fingerprint density at radius 2 is 2.18 bits per heavy atom. The minimum atomic E-state index is -0.341. The molecule has 1 amide bonds. The fourth-order valence-corrected chi connectivity index (χ4v) is 2.72. The van der Waals surface area contributed by atoms with Crippen molar-refractivity contribution in [2.75, 3.05) is 13.1 Å². The number of rotatable bonds is 3. The van der Waals surface area contributed by atoms with Crippen LogP contribution in [0.5, 0.6) is 0 Å². The molecule has 1 aliphatic rings. The largest absolute Gasteiger partial charge is 0.339 e. The van der Waals surface area contributed by atoms with Crippen LogP contribution in [0.2, 0.25) is 0 Å². The molecule has 22 heavy (non-hydrogen) atoms. The lowest BCUT2D eigenvalue weighted by Gasteiger charge is -2.31. The highest BCUT2D eigenvalue weighted by atomic mass is 19.1. The van der Waals surface area contributed by atoms with Crippen LogP contribution in [0.4, 0.5) is 4.39 Å². The van der Waals surface area contributed by atoms with Crippen molar-refractivity contribution in [2.24, 2.45) is 0 Å². The van der Waals surface area contributed by atoms with Crippen molar-refractivity contribution >= 4 is 5.91 Å². The first kappa shape index (κ1) is 14.7. The normalized spacial score (nSPS) is 18.5. The van der Waals surface area contributed by atoms with Gasteiger partial charge in [-0.2, -0.15) is 4.98 Å². The molecule has 0 aliphatic carbocycles. The Morgan fingerprint density at radius 3 is 2.86 bits per heavy atom. The van der Waals surface area contributed by atoms with Gasteiger partial charge in [0.1, 0.15) is 5.82 Å². The Balaban J connectivity index is 1.72. The predicted molar refractivity (Wildman–Crippen MR) is 78.0 cm³/mol. The number of hydrogen-bond donors (Lipinski definition) is 0. The van der Waals surface area contributed by atoms with Crippen LogP contribution in [0, 0.1) is 5.82 Å². The summed E-state index contributed by atoms with van der Waals surface area (Å²) in [6.45, 7) is 3.23. The zero-order chi connectivity index (χ0) is 15.5. The molecule has 6 heteroatoms. The summed E-state index contributed by atoms with van der Waals surface area (Å²) in [4.78, 5) is 18.6. The minimum Gasteiger partial charge on any atom is -0.339 e. The summed E-state index contributed by atoms with van der Waals surface area (Å²) in [7, 11) is 0. The molecule has 1 saturated heterocycles. The number of benzene rings is 1. The van der Waals surface area contributed by atoms with Crippen molar-refractivity contribution in [3.8, 4) is 0 Å². The lowest BCUT2D eigenvalue weighted by Crippen LogP contribution is -2.39. The highest BCUT2D eigenvalue weighted by Gasteiger charge is 2.28. The summed E-state index contributed by atoms with van der Waals surface area (Å²) in [6, 6.07) is 5.65. The number of carbonyl (C=O) groups is 1. The third kappa shape index (κ3) is 3.00. The van der Waals surface area contributed by atoms with Crippen LogP contribution in [0.25, 0.3) is 0 Å². The van der Waals surface area contributed by atoms with Crippen LogP contribution < -0.4 is 0 Å². The molecular formula is C16H18FN3O2. The zero-order valence-electron chi connectivity index (χ0n) is 12.5. The Bertz CT molecular complexity index is 654. The molecule has 2 aromatic rings. The zero-order valence-corrected chi connectivity index (χ0v) is 12.5. The second-order valence-electron chi connectivity index (χ2n) is 5.50. The number of piperidine rings is 1. The topological polar surface area (TPSA) is 59.2 Å². The highest BCUT2D eigenvalue weighted by molar-refractivity contribution is 5.94. The molecule has 1 aromatic heterocycles. The van der Waals surface area contributed by atoms with Crippen LogP contribution in [0.3, 0.4) is 0 Å². The van der Waals surface area contributed by atoms with Gasteiger partial charge in [-0.25, -0.2) is 4.39 Å². The fourth-order valence-electron chi connectivity index (χ4n) is 2.72. The summed E-state index contributed by atoms with van der Waals surface area (Å²) < 4.78 is 18.1. The monoisotopic (exact) mass is 303 g/mol.